The van der Waals surface area contributed by atoms with E-state index >= 15 is 0 Å². The molecular weight excluding hydrogens is 186 g/mol. The van der Waals surface area contributed by atoms with Crippen LogP contribution in [-0.2, 0) is 7.05 Å². The number of benzene rings is 1. The summed E-state index contributed by atoms with van der Waals surface area (Å²) < 4.78 is 1.97. The minimum Gasteiger partial charge on any atom is -0.312 e. The molecule has 0 aliphatic rings. The molecule has 1 unspecified atom stereocenters. The van der Waals surface area contributed by atoms with E-state index in [0.29, 0.717) is 0 Å². The minimum absolute atomic E-state index is 0.288. The molecule has 1 N–H and O–H groups in total. The van der Waals surface area contributed by atoms with Gasteiger partial charge in [0, 0.05) is 18.5 Å². The quantitative estimate of drug-likeness (QED) is 0.810. The lowest BCUT2D eigenvalue weighted by atomic mass is 10.1. The van der Waals surface area contributed by atoms with Crippen molar-refractivity contribution in [2.75, 3.05) is 7.05 Å². The number of hydrogen-bond acceptors (Lipinski definition) is 2. The Labute approximate surface area is 90.1 Å². The van der Waals surface area contributed by atoms with Gasteiger partial charge in [0.05, 0.1) is 11.2 Å². The maximum Gasteiger partial charge on any atom is 0.0869 e. The van der Waals surface area contributed by atoms with E-state index in [1.54, 1.807) is 0 Å². The number of nitrogens with one attached hydrogen (secondary N) is 1. The Balaban J connectivity index is 2.73. The van der Waals surface area contributed by atoms with Crippen molar-refractivity contribution in [3.8, 4) is 0 Å². The molecule has 2 aromatic rings. The molecule has 0 aliphatic heterocycles. The molecule has 1 aromatic carbocycles. The number of para-hydroxylation sites is 1. The molecule has 0 bridgehead atoms. The SMILES string of the molecule is CNC(C)c1nn(C)c2c(C)cccc12. The van der Waals surface area contributed by atoms with Gasteiger partial charge in [-0.15, -0.1) is 0 Å². The molecule has 0 fully saturated rings. The third-order valence-corrected chi connectivity index (χ3v) is 2.94. The van der Waals surface area contributed by atoms with Crippen molar-refractivity contribution in [3.05, 3.63) is 29.5 Å². The van der Waals surface area contributed by atoms with E-state index in [0.717, 1.165) is 5.69 Å². The molecule has 3 heteroatoms. The number of hydrogen-bond donors (Lipinski definition) is 1. The average Bonchev–Trinajstić information content (AvgIpc) is 2.56. The van der Waals surface area contributed by atoms with Crippen LogP contribution in [0.15, 0.2) is 18.2 Å². The van der Waals surface area contributed by atoms with Gasteiger partial charge in [0.15, 0.2) is 0 Å². The van der Waals surface area contributed by atoms with Gasteiger partial charge in [-0.3, -0.25) is 4.68 Å². The zero-order valence-corrected chi connectivity index (χ0v) is 9.70. The number of nitrogens with zero attached hydrogens (tertiary/aromatic N) is 2. The lowest BCUT2D eigenvalue weighted by molar-refractivity contribution is 0.616. The highest BCUT2D eigenvalue weighted by molar-refractivity contribution is 5.85. The van der Waals surface area contributed by atoms with Crippen LogP contribution in [0.3, 0.4) is 0 Å². The minimum atomic E-state index is 0.288. The van der Waals surface area contributed by atoms with E-state index < -0.39 is 0 Å². The Hall–Kier alpha value is -1.35. The zero-order valence-electron chi connectivity index (χ0n) is 9.70. The average molecular weight is 203 g/mol. The second-order valence-corrected chi connectivity index (χ2v) is 3.99. The molecule has 1 aromatic heterocycles. The van der Waals surface area contributed by atoms with Crippen LogP contribution in [0.5, 0.6) is 0 Å². The van der Waals surface area contributed by atoms with Crippen molar-refractivity contribution in [3.63, 3.8) is 0 Å². The van der Waals surface area contributed by atoms with Crippen molar-refractivity contribution in [2.24, 2.45) is 7.05 Å². The van der Waals surface area contributed by atoms with E-state index in [9.17, 15) is 0 Å². The zero-order chi connectivity index (χ0) is 11.0. The predicted octanol–water partition coefficient (Wildman–Crippen LogP) is 2.16. The van der Waals surface area contributed by atoms with Crippen molar-refractivity contribution in [1.29, 1.82) is 0 Å². The molecular formula is C12H17N3. The fourth-order valence-corrected chi connectivity index (χ4v) is 2.02. The van der Waals surface area contributed by atoms with Crippen LogP contribution >= 0.6 is 0 Å². The third-order valence-electron chi connectivity index (χ3n) is 2.94. The number of aryl methyl sites for hydroxylation is 2. The van der Waals surface area contributed by atoms with E-state index in [4.69, 9.17) is 0 Å². The standard InChI is InChI=1S/C12H17N3/c1-8-6-5-7-10-11(9(2)13-3)14-15(4)12(8)10/h5-7,9,13H,1-4H3. The maximum absolute atomic E-state index is 4.58. The van der Waals surface area contributed by atoms with Crippen molar-refractivity contribution < 1.29 is 0 Å². The van der Waals surface area contributed by atoms with Gasteiger partial charge in [0.25, 0.3) is 0 Å². The normalized spacial score (nSPS) is 13.3. The maximum atomic E-state index is 4.58. The summed E-state index contributed by atoms with van der Waals surface area (Å²) in [4.78, 5) is 0. The first kappa shape index (κ1) is 10.2. The molecule has 0 radical (unpaired) electrons. The van der Waals surface area contributed by atoms with E-state index in [2.05, 4.69) is 42.5 Å². The largest absolute Gasteiger partial charge is 0.312 e. The molecule has 0 saturated carbocycles. The smallest absolute Gasteiger partial charge is 0.0869 e. The van der Waals surface area contributed by atoms with Gasteiger partial charge in [-0.1, -0.05) is 18.2 Å². The number of fused-ring (bicyclic) bond motifs is 1. The number of aromatic nitrogens is 2. The second kappa shape index (κ2) is 3.66. The third kappa shape index (κ3) is 1.53. The second-order valence-electron chi connectivity index (χ2n) is 3.99. The molecule has 2 rings (SSSR count). The van der Waals surface area contributed by atoms with Crippen LogP contribution in [0.1, 0.15) is 24.2 Å². The molecule has 0 aliphatic carbocycles. The van der Waals surface area contributed by atoms with Crippen molar-refractivity contribution in [1.82, 2.24) is 15.1 Å². The monoisotopic (exact) mass is 203 g/mol. The Bertz CT molecular complexity index is 485. The highest BCUT2D eigenvalue weighted by atomic mass is 15.3. The lowest BCUT2D eigenvalue weighted by Crippen LogP contribution is -2.13. The molecule has 3 nitrogen and oxygen atoms in total. The van der Waals surface area contributed by atoms with Gasteiger partial charge in [-0.25, -0.2) is 0 Å². The van der Waals surface area contributed by atoms with E-state index in [1.165, 1.54) is 16.5 Å². The van der Waals surface area contributed by atoms with Crippen LogP contribution in [0.2, 0.25) is 0 Å². The molecule has 15 heavy (non-hydrogen) atoms. The topological polar surface area (TPSA) is 29.9 Å². The Morgan fingerprint density at radius 3 is 2.80 bits per heavy atom. The summed E-state index contributed by atoms with van der Waals surface area (Å²) >= 11 is 0. The number of rotatable bonds is 2. The first-order valence-corrected chi connectivity index (χ1v) is 5.24. The molecule has 0 saturated heterocycles. The van der Waals surface area contributed by atoms with Gasteiger partial charge >= 0.3 is 0 Å². The van der Waals surface area contributed by atoms with Gasteiger partial charge < -0.3 is 5.32 Å². The van der Waals surface area contributed by atoms with Crippen molar-refractivity contribution >= 4 is 10.9 Å². The van der Waals surface area contributed by atoms with Crippen LogP contribution in [-0.4, -0.2) is 16.8 Å². The molecule has 1 heterocycles. The fourth-order valence-electron chi connectivity index (χ4n) is 2.02. The summed E-state index contributed by atoms with van der Waals surface area (Å²) in [5, 5.41) is 9.06. The van der Waals surface area contributed by atoms with Crippen LogP contribution < -0.4 is 5.32 Å². The fraction of sp³-hybridized carbons (Fsp3) is 0.417. The molecule has 0 spiro atoms. The lowest BCUT2D eigenvalue weighted by Gasteiger charge is -2.06. The summed E-state index contributed by atoms with van der Waals surface area (Å²) in [5.74, 6) is 0. The molecule has 80 valence electrons. The Morgan fingerprint density at radius 1 is 1.40 bits per heavy atom. The van der Waals surface area contributed by atoms with Crippen LogP contribution in [0.25, 0.3) is 10.9 Å². The molecule has 1 atom stereocenters. The Morgan fingerprint density at radius 2 is 2.13 bits per heavy atom. The van der Waals surface area contributed by atoms with E-state index in [1.807, 2.05) is 18.8 Å². The van der Waals surface area contributed by atoms with Gasteiger partial charge in [-0.05, 0) is 26.5 Å². The van der Waals surface area contributed by atoms with E-state index in [-0.39, 0.29) is 6.04 Å². The van der Waals surface area contributed by atoms with Gasteiger partial charge in [-0.2, -0.15) is 5.10 Å². The first-order chi connectivity index (χ1) is 7.15. The summed E-state index contributed by atoms with van der Waals surface area (Å²) in [5.41, 5.74) is 3.63. The van der Waals surface area contributed by atoms with Gasteiger partial charge in [0.1, 0.15) is 0 Å². The predicted molar refractivity (Wildman–Crippen MR) is 62.9 cm³/mol. The first-order valence-electron chi connectivity index (χ1n) is 5.24. The van der Waals surface area contributed by atoms with Crippen molar-refractivity contribution in [2.45, 2.75) is 19.9 Å². The van der Waals surface area contributed by atoms with Gasteiger partial charge in [0.2, 0.25) is 0 Å². The summed E-state index contributed by atoms with van der Waals surface area (Å²) in [7, 11) is 3.96. The highest BCUT2D eigenvalue weighted by Crippen LogP contribution is 2.25. The summed E-state index contributed by atoms with van der Waals surface area (Å²) in [6, 6.07) is 6.64. The van der Waals surface area contributed by atoms with Crippen LogP contribution in [0.4, 0.5) is 0 Å². The Kier molecular flexibility index (Phi) is 2.49. The highest BCUT2D eigenvalue weighted by Gasteiger charge is 2.14. The van der Waals surface area contributed by atoms with Crippen LogP contribution in [0, 0.1) is 6.92 Å². The molecule has 0 amide bonds. The summed E-state index contributed by atoms with van der Waals surface area (Å²) in [6.45, 7) is 4.25. The summed E-state index contributed by atoms with van der Waals surface area (Å²) in [6.07, 6.45) is 0.